The van der Waals surface area contributed by atoms with Gasteiger partial charge in [0.1, 0.15) is 30.2 Å². The number of rotatable bonds is 13. The Labute approximate surface area is 211 Å². The lowest BCUT2D eigenvalue weighted by molar-refractivity contribution is -0.158. The summed E-state index contributed by atoms with van der Waals surface area (Å²) in [6, 6.07) is 18.9. The standard InChI is InChI=1S/C27H34N4O5/c32-25-24(31-17-22(28-29-31)20-36-23-13-7-4-8-14-23)18-30(27(34)26(25)33)15-9-1-2-10-16-35-19-21-11-5-3-6-12-21/h3-8,11-14,17,24-26,32-33H,1-2,9-10,15-16,18-20H2/t24-,25+,26+/m0/s1. The van der Waals surface area contributed by atoms with Crippen LogP contribution in [0.25, 0.3) is 0 Å². The van der Waals surface area contributed by atoms with Crippen LogP contribution >= 0.6 is 0 Å². The van der Waals surface area contributed by atoms with Crippen molar-refractivity contribution in [2.24, 2.45) is 0 Å². The number of piperidine rings is 1. The van der Waals surface area contributed by atoms with E-state index in [4.69, 9.17) is 9.47 Å². The highest BCUT2D eigenvalue weighted by atomic mass is 16.5. The number of para-hydroxylation sites is 1. The summed E-state index contributed by atoms with van der Waals surface area (Å²) >= 11 is 0. The van der Waals surface area contributed by atoms with E-state index in [9.17, 15) is 15.0 Å². The summed E-state index contributed by atoms with van der Waals surface area (Å²) in [7, 11) is 0. The van der Waals surface area contributed by atoms with Crippen LogP contribution in [0.4, 0.5) is 0 Å². The number of likely N-dealkylation sites (tertiary alicyclic amines) is 1. The Morgan fingerprint density at radius 1 is 0.917 bits per heavy atom. The molecule has 1 saturated heterocycles. The van der Waals surface area contributed by atoms with Crippen LogP contribution in [-0.2, 0) is 22.7 Å². The molecule has 1 amide bonds. The highest BCUT2D eigenvalue weighted by molar-refractivity contribution is 5.82. The fraction of sp³-hybridized carbons (Fsp3) is 0.444. The van der Waals surface area contributed by atoms with Crippen molar-refractivity contribution >= 4 is 5.91 Å². The summed E-state index contributed by atoms with van der Waals surface area (Å²) in [4.78, 5) is 14.2. The minimum atomic E-state index is -1.48. The summed E-state index contributed by atoms with van der Waals surface area (Å²) in [6.45, 7) is 2.33. The molecule has 0 radical (unpaired) electrons. The van der Waals surface area contributed by atoms with Crippen LogP contribution in [0.15, 0.2) is 66.9 Å². The molecule has 0 aliphatic carbocycles. The third kappa shape index (κ3) is 7.13. The molecule has 9 heteroatoms. The minimum absolute atomic E-state index is 0.229. The van der Waals surface area contributed by atoms with Crippen molar-refractivity contribution in [3.63, 3.8) is 0 Å². The van der Waals surface area contributed by atoms with Gasteiger partial charge in [-0.05, 0) is 30.5 Å². The largest absolute Gasteiger partial charge is 0.487 e. The number of aliphatic hydroxyl groups is 2. The van der Waals surface area contributed by atoms with E-state index in [2.05, 4.69) is 10.3 Å². The molecule has 0 saturated carbocycles. The van der Waals surface area contributed by atoms with Crippen molar-refractivity contribution in [3.05, 3.63) is 78.1 Å². The average Bonchev–Trinajstić information content (AvgIpc) is 3.39. The lowest BCUT2D eigenvalue weighted by Gasteiger charge is -2.38. The number of carbonyl (C=O) groups is 1. The van der Waals surface area contributed by atoms with Crippen LogP contribution in [0.3, 0.4) is 0 Å². The second-order valence-electron chi connectivity index (χ2n) is 9.03. The molecule has 0 bridgehead atoms. The van der Waals surface area contributed by atoms with Crippen molar-refractivity contribution in [2.75, 3.05) is 19.7 Å². The second kappa shape index (κ2) is 13.2. The molecule has 1 aliphatic rings. The Morgan fingerprint density at radius 3 is 2.42 bits per heavy atom. The summed E-state index contributed by atoms with van der Waals surface area (Å²) < 4.78 is 12.9. The molecule has 0 unspecified atom stereocenters. The third-order valence-corrected chi connectivity index (χ3v) is 6.30. The van der Waals surface area contributed by atoms with Crippen LogP contribution in [-0.4, -0.2) is 67.9 Å². The first-order valence-corrected chi connectivity index (χ1v) is 12.5. The monoisotopic (exact) mass is 494 g/mol. The van der Waals surface area contributed by atoms with E-state index in [1.807, 2.05) is 60.7 Å². The van der Waals surface area contributed by atoms with Crippen LogP contribution in [0.1, 0.15) is 43.0 Å². The minimum Gasteiger partial charge on any atom is -0.487 e. The van der Waals surface area contributed by atoms with Gasteiger partial charge in [-0.3, -0.25) is 4.79 Å². The molecule has 1 aliphatic heterocycles. The van der Waals surface area contributed by atoms with E-state index in [1.54, 1.807) is 11.1 Å². The zero-order valence-corrected chi connectivity index (χ0v) is 20.4. The van der Waals surface area contributed by atoms with E-state index >= 15 is 0 Å². The van der Waals surface area contributed by atoms with Gasteiger partial charge in [0, 0.05) is 19.7 Å². The lowest BCUT2D eigenvalue weighted by Crippen LogP contribution is -2.57. The van der Waals surface area contributed by atoms with E-state index < -0.39 is 24.2 Å². The van der Waals surface area contributed by atoms with Gasteiger partial charge in [-0.15, -0.1) is 5.10 Å². The molecule has 3 aromatic rings. The van der Waals surface area contributed by atoms with E-state index in [0.29, 0.717) is 25.5 Å². The van der Waals surface area contributed by atoms with Crippen LogP contribution < -0.4 is 4.74 Å². The summed E-state index contributed by atoms with van der Waals surface area (Å²) in [5, 5.41) is 29.1. The Kier molecular flexibility index (Phi) is 9.43. The van der Waals surface area contributed by atoms with Crippen molar-refractivity contribution in [3.8, 4) is 5.75 Å². The van der Waals surface area contributed by atoms with Gasteiger partial charge in [-0.2, -0.15) is 0 Å². The van der Waals surface area contributed by atoms with E-state index in [1.165, 1.54) is 10.2 Å². The zero-order chi connectivity index (χ0) is 25.2. The molecule has 1 aromatic heterocycles. The van der Waals surface area contributed by atoms with Crippen LogP contribution in [0.2, 0.25) is 0 Å². The SMILES string of the molecule is O=C1[C@H](O)[C@H](O)[C@@H](n2cc(COc3ccccc3)nn2)CN1CCCCCCOCc1ccccc1. The van der Waals surface area contributed by atoms with E-state index in [0.717, 1.165) is 31.4 Å². The van der Waals surface area contributed by atoms with Crippen molar-refractivity contribution in [1.29, 1.82) is 0 Å². The topological polar surface area (TPSA) is 110 Å². The maximum Gasteiger partial charge on any atom is 0.254 e. The molecule has 192 valence electrons. The molecular formula is C27H34N4O5. The maximum atomic E-state index is 12.5. The van der Waals surface area contributed by atoms with Crippen molar-refractivity contribution < 1.29 is 24.5 Å². The third-order valence-electron chi connectivity index (χ3n) is 6.30. The second-order valence-corrected chi connectivity index (χ2v) is 9.03. The number of aliphatic hydroxyl groups excluding tert-OH is 2. The molecule has 4 rings (SSSR count). The van der Waals surface area contributed by atoms with Crippen molar-refractivity contribution in [2.45, 2.75) is 57.1 Å². The predicted molar refractivity (Wildman–Crippen MR) is 133 cm³/mol. The number of benzene rings is 2. The number of hydrogen-bond donors (Lipinski definition) is 2. The first-order chi connectivity index (χ1) is 17.6. The number of unbranched alkanes of at least 4 members (excludes halogenated alkanes) is 3. The Morgan fingerprint density at radius 2 is 1.64 bits per heavy atom. The lowest BCUT2D eigenvalue weighted by atomic mass is 9.98. The van der Waals surface area contributed by atoms with E-state index in [-0.39, 0.29) is 13.2 Å². The molecule has 36 heavy (non-hydrogen) atoms. The van der Waals surface area contributed by atoms with Gasteiger partial charge in [-0.25, -0.2) is 4.68 Å². The fourth-order valence-corrected chi connectivity index (χ4v) is 4.25. The summed E-state index contributed by atoms with van der Waals surface area (Å²) in [5.41, 5.74) is 1.76. The normalized spacial score (nSPS) is 20.0. The number of carbonyl (C=O) groups excluding carboxylic acids is 1. The quantitative estimate of drug-likeness (QED) is 0.352. The molecule has 2 N–H and O–H groups in total. The molecule has 2 aromatic carbocycles. The molecule has 3 atom stereocenters. The summed E-state index contributed by atoms with van der Waals surface area (Å²) in [5.74, 6) is 0.275. The Bertz CT molecular complexity index is 1060. The molecule has 0 spiro atoms. The smallest absolute Gasteiger partial charge is 0.254 e. The number of ether oxygens (including phenoxy) is 2. The first kappa shape index (κ1) is 25.8. The highest BCUT2D eigenvalue weighted by Gasteiger charge is 2.42. The average molecular weight is 495 g/mol. The van der Waals surface area contributed by atoms with Crippen molar-refractivity contribution in [1.82, 2.24) is 19.9 Å². The van der Waals surface area contributed by atoms with Gasteiger partial charge in [0.25, 0.3) is 5.91 Å². The van der Waals surface area contributed by atoms with Crippen LogP contribution in [0, 0.1) is 0 Å². The maximum absolute atomic E-state index is 12.5. The van der Waals surface area contributed by atoms with Gasteiger partial charge in [0.15, 0.2) is 6.10 Å². The molecule has 9 nitrogen and oxygen atoms in total. The van der Waals surface area contributed by atoms with Gasteiger partial charge in [0.2, 0.25) is 0 Å². The van der Waals surface area contributed by atoms with Crippen LogP contribution in [0.5, 0.6) is 5.75 Å². The number of aromatic nitrogens is 3. The molecular weight excluding hydrogens is 460 g/mol. The van der Waals surface area contributed by atoms with Gasteiger partial charge in [0.05, 0.1) is 12.8 Å². The Hall–Kier alpha value is -3.27. The molecule has 1 fully saturated rings. The number of hydrogen-bond acceptors (Lipinski definition) is 7. The summed E-state index contributed by atoms with van der Waals surface area (Å²) in [6.07, 6.45) is 2.67. The predicted octanol–water partition coefficient (Wildman–Crippen LogP) is 2.74. The van der Waals surface area contributed by atoms with Gasteiger partial charge < -0.3 is 24.6 Å². The zero-order valence-electron chi connectivity index (χ0n) is 20.4. The number of nitrogens with zero attached hydrogens (tertiary/aromatic N) is 4. The first-order valence-electron chi connectivity index (χ1n) is 12.5. The van der Waals surface area contributed by atoms with Gasteiger partial charge >= 0.3 is 0 Å². The molecule has 2 heterocycles. The Balaban J connectivity index is 1.19. The van der Waals surface area contributed by atoms with Gasteiger partial charge in [-0.1, -0.05) is 66.6 Å². The fourth-order valence-electron chi connectivity index (χ4n) is 4.25. The highest BCUT2D eigenvalue weighted by Crippen LogP contribution is 2.24. The number of amides is 1.